The van der Waals surface area contributed by atoms with Crippen LogP contribution >= 0.6 is 0 Å². The number of rotatable bonds is 8. The summed E-state index contributed by atoms with van der Waals surface area (Å²) in [4.78, 5) is 12.9. The summed E-state index contributed by atoms with van der Waals surface area (Å²) < 4.78 is 40.6. The molecule has 4 aromatic rings. The number of aromatic nitrogens is 4. The van der Waals surface area contributed by atoms with Crippen molar-refractivity contribution >= 4 is 38.4 Å². The first kappa shape index (κ1) is 22.1. The van der Waals surface area contributed by atoms with Crippen molar-refractivity contribution in [2.24, 2.45) is 7.05 Å². The monoisotopic (exact) mass is 470 g/mol. The summed E-state index contributed by atoms with van der Waals surface area (Å²) in [7, 11) is -0.922. The van der Waals surface area contributed by atoms with E-state index in [2.05, 4.69) is 25.0 Å². The summed E-state index contributed by atoms with van der Waals surface area (Å²) in [6, 6.07) is 10.0. The lowest BCUT2D eigenvalue weighted by molar-refractivity contribution is 0.317. The molecule has 2 heterocycles. The summed E-state index contributed by atoms with van der Waals surface area (Å²) in [5.74, 6) is 0.420. The van der Waals surface area contributed by atoms with Gasteiger partial charge in [0.25, 0.3) is 10.0 Å². The van der Waals surface area contributed by atoms with Crippen molar-refractivity contribution in [3.8, 4) is 17.2 Å². The lowest BCUT2D eigenvalue weighted by atomic mass is 10.2. The normalized spacial score (nSPS) is 11.4. The van der Waals surface area contributed by atoms with Crippen LogP contribution in [0.25, 0.3) is 11.0 Å². The molecule has 0 aliphatic rings. The Morgan fingerprint density at radius 3 is 2.42 bits per heavy atom. The van der Waals surface area contributed by atoms with E-state index in [1.165, 1.54) is 30.3 Å². The van der Waals surface area contributed by atoms with Crippen LogP contribution in [0.5, 0.6) is 17.2 Å². The molecule has 0 bridgehead atoms. The van der Waals surface area contributed by atoms with Gasteiger partial charge in [0.15, 0.2) is 28.2 Å². The third kappa shape index (κ3) is 4.60. The number of hydrogen-bond acceptors (Lipinski definition) is 9. The number of ether oxygens (including phenoxy) is 2. The predicted octanol–water partition coefficient (Wildman–Crippen LogP) is 3.02. The van der Waals surface area contributed by atoms with Gasteiger partial charge in [-0.25, -0.2) is 15.0 Å². The van der Waals surface area contributed by atoms with Crippen LogP contribution in [0, 0.1) is 0 Å². The van der Waals surface area contributed by atoms with Crippen LogP contribution in [-0.4, -0.2) is 46.8 Å². The number of benzene rings is 2. The summed E-state index contributed by atoms with van der Waals surface area (Å²) >= 11 is 0. The molecule has 0 spiro atoms. The fraction of sp³-hybridized carbons (Fsp3) is 0.190. The zero-order valence-corrected chi connectivity index (χ0v) is 18.9. The van der Waals surface area contributed by atoms with E-state index in [0.29, 0.717) is 22.5 Å². The Hall–Kier alpha value is -4.06. The minimum atomic E-state index is -4.05. The Morgan fingerprint density at radius 1 is 1.12 bits per heavy atom. The molecule has 2 aromatic heterocycles. The van der Waals surface area contributed by atoms with Crippen LogP contribution in [0.15, 0.2) is 53.9 Å². The predicted molar refractivity (Wildman–Crippen MR) is 123 cm³/mol. The maximum absolute atomic E-state index is 12.9. The number of fused-ring (bicyclic) bond motifs is 1. The van der Waals surface area contributed by atoms with Crippen LogP contribution in [-0.2, 0) is 17.1 Å². The molecule has 11 nitrogen and oxygen atoms in total. The summed E-state index contributed by atoms with van der Waals surface area (Å²) in [6.45, 7) is 2.06. The average Bonchev–Trinajstić information content (AvgIpc) is 3.23. The molecule has 2 aromatic carbocycles. The lowest BCUT2D eigenvalue weighted by Gasteiger charge is -2.17. The van der Waals surface area contributed by atoms with Crippen LogP contribution in [0.4, 0.5) is 17.3 Å². The molecular weight excluding hydrogens is 448 g/mol. The van der Waals surface area contributed by atoms with E-state index in [-0.39, 0.29) is 34.8 Å². The Bertz CT molecular complexity index is 1420. The highest BCUT2D eigenvalue weighted by molar-refractivity contribution is 7.92. The zero-order valence-electron chi connectivity index (χ0n) is 18.1. The molecule has 0 unspecified atom stereocenters. The average molecular weight is 471 g/mol. The van der Waals surface area contributed by atoms with Gasteiger partial charge in [-0.2, -0.15) is 8.42 Å². The molecule has 0 saturated heterocycles. The minimum Gasteiger partial charge on any atom is -0.504 e. The molecule has 3 N–H and O–H groups in total. The standard InChI is InChI=1S/C21H22N6O5S/c1-4-32-19-16(9-13(31-3)10-17(19)28)25-20-21(24-15-8-6-5-7-14(15)23-20)26-33(29,30)18-11-27(2)12-22-18/h5-12,28H,4H2,1-3H3,(H,23,25)(H,24,26). The van der Waals surface area contributed by atoms with Crippen molar-refractivity contribution in [1.82, 2.24) is 19.5 Å². The molecule has 4 rings (SSSR count). The van der Waals surface area contributed by atoms with Gasteiger partial charge in [-0.15, -0.1) is 0 Å². The lowest BCUT2D eigenvalue weighted by Crippen LogP contribution is -2.16. The van der Waals surface area contributed by atoms with Gasteiger partial charge < -0.3 is 24.5 Å². The van der Waals surface area contributed by atoms with E-state index in [0.717, 1.165) is 0 Å². The maximum atomic E-state index is 12.9. The third-order valence-electron chi connectivity index (χ3n) is 4.58. The van der Waals surface area contributed by atoms with Crippen LogP contribution in [0.1, 0.15) is 6.92 Å². The van der Waals surface area contributed by atoms with Crippen molar-refractivity contribution in [2.75, 3.05) is 23.8 Å². The van der Waals surface area contributed by atoms with Gasteiger partial charge in [-0.1, -0.05) is 12.1 Å². The van der Waals surface area contributed by atoms with Gasteiger partial charge in [0, 0.05) is 25.4 Å². The SMILES string of the molecule is CCOc1c(O)cc(OC)cc1Nc1nc2ccccc2nc1NS(=O)(=O)c1cn(C)cn1. The third-order valence-corrected chi connectivity index (χ3v) is 5.80. The number of aryl methyl sites for hydroxylation is 1. The van der Waals surface area contributed by atoms with E-state index < -0.39 is 10.0 Å². The first-order valence-electron chi connectivity index (χ1n) is 9.89. The van der Waals surface area contributed by atoms with E-state index in [9.17, 15) is 13.5 Å². The number of hydrogen-bond donors (Lipinski definition) is 3. The van der Waals surface area contributed by atoms with Crippen molar-refractivity contribution in [1.29, 1.82) is 0 Å². The van der Waals surface area contributed by atoms with Gasteiger partial charge in [-0.3, -0.25) is 4.72 Å². The quantitative estimate of drug-likeness (QED) is 0.354. The molecule has 12 heteroatoms. The second kappa shape index (κ2) is 8.82. The molecular formula is C21H22N6O5S. The molecule has 0 radical (unpaired) electrons. The van der Waals surface area contributed by atoms with E-state index in [4.69, 9.17) is 9.47 Å². The van der Waals surface area contributed by atoms with Gasteiger partial charge in [0.05, 0.1) is 36.8 Å². The number of methoxy groups -OCH3 is 1. The Labute approximate surface area is 190 Å². The second-order valence-electron chi connectivity index (χ2n) is 6.97. The highest BCUT2D eigenvalue weighted by Crippen LogP contribution is 2.41. The molecule has 0 saturated carbocycles. The molecule has 33 heavy (non-hydrogen) atoms. The van der Waals surface area contributed by atoms with Crippen LogP contribution < -0.4 is 19.5 Å². The fourth-order valence-electron chi connectivity index (χ4n) is 3.09. The van der Waals surface area contributed by atoms with Crippen molar-refractivity contribution in [3.63, 3.8) is 0 Å². The fourth-order valence-corrected chi connectivity index (χ4v) is 4.08. The van der Waals surface area contributed by atoms with Crippen molar-refractivity contribution < 1.29 is 23.0 Å². The molecule has 0 aliphatic carbocycles. The largest absolute Gasteiger partial charge is 0.504 e. The zero-order chi connectivity index (χ0) is 23.6. The number of phenolic OH excluding ortho intramolecular Hbond substituents is 1. The summed E-state index contributed by atoms with van der Waals surface area (Å²) in [5, 5.41) is 13.2. The number of nitrogens with one attached hydrogen (secondary N) is 2. The summed E-state index contributed by atoms with van der Waals surface area (Å²) in [6.07, 6.45) is 2.75. The Kier molecular flexibility index (Phi) is 5.92. The van der Waals surface area contributed by atoms with Crippen LogP contribution in [0.2, 0.25) is 0 Å². The van der Waals surface area contributed by atoms with Gasteiger partial charge in [0.1, 0.15) is 5.75 Å². The smallest absolute Gasteiger partial charge is 0.282 e. The first-order chi connectivity index (χ1) is 15.8. The van der Waals surface area contributed by atoms with Crippen LogP contribution in [0.3, 0.4) is 0 Å². The number of nitrogens with zero attached hydrogens (tertiary/aromatic N) is 4. The minimum absolute atomic E-state index is 0.0517. The van der Waals surface area contributed by atoms with E-state index in [1.54, 1.807) is 44.3 Å². The van der Waals surface area contributed by atoms with Gasteiger partial charge >= 0.3 is 0 Å². The highest BCUT2D eigenvalue weighted by atomic mass is 32.2. The van der Waals surface area contributed by atoms with Gasteiger partial charge in [0.2, 0.25) is 0 Å². The molecule has 0 aliphatic heterocycles. The maximum Gasteiger partial charge on any atom is 0.282 e. The molecule has 172 valence electrons. The number of para-hydroxylation sites is 2. The molecule has 0 atom stereocenters. The highest BCUT2D eigenvalue weighted by Gasteiger charge is 2.22. The molecule has 0 amide bonds. The summed E-state index contributed by atoms with van der Waals surface area (Å²) in [5.41, 5.74) is 1.34. The number of phenols is 1. The topological polar surface area (TPSA) is 140 Å². The van der Waals surface area contributed by atoms with Crippen molar-refractivity contribution in [3.05, 3.63) is 48.9 Å². The number of anilines is 3. The molecule has 0 fully saturated rings. The number of sulfonamides is 1. The van der Waals surface area contributed by atoms with E-state index >= 15 is 0 Å². The van der Waals surface area contributed by atoms with E-state index in [1.807, 2.05) is 0 Å². The number of imidazole rings is 1. The van der Waals surface area contributed by atoms with Gasteiger partial charge in [-0.05, 0) is 19.1 Å². The number of aromatic hydroxyl groups is 1. The van der Waals surface area contributed by atoms with Crippen molar-refractivity contribution in [2.45, 2.75) is 11.9 Å². The Balaban J connectivity index is 1.83. The Morgan fingerprint density at radius 2 is 1.82 bits per heavy atom. The second-order valence-corrected chi connectivity index (χ2v) is 8.60. The first-order valence-corrected chi connectivity index (χ1v) is 11.4.